The van der Waals surface area contributed by atoms with Crippen LogP contribution in [0.5, 0.6) is 0 Å². The smallest absolute Gasteiger partial charge is 0.255 e. The van der Waals surface area contributed by atoms with Crippen LogP contribution in [-0.4, -0.2) is 29.2 Å². The lowest BCUT2D eigenvalue weighted by molar-refractivity contribution is 0.306. The van der Waals surface area contributed by atoms with Gasteiger partial charge in [-0.2, -0.15) is 0 Å². The Morgan fingerprint density at radius 2 is 1.78 bits per heavy atom. The van der Waals surface area contributed by atoms with E-state index in [0.29, 0.717) is 31.2 Å². The fourth-order valence-electron chi connectivity index (χ4n) is 5.18. The van der Waals surface area contributed by atoms with Crippen molar-refractivity contribution in [3.05, 3.63) is 62.3 Å². The summed E-state index contributed by atoms with van der Waals surface area (Å²) in [5, 5.41) is 6.98. The molecule has 0 aliphatic carbocycles. The van der Waals surface area contributed by atoms with E-state index < -0.39 is 0 Å². The zero-order valence-corrected chi connectivity index (χ0v) is 20.7. The molecule has 32 heavy (non-hydrogen) atoms. The molecule has 0 amide bonds. The molecule has 1 saturated heterocycles. The third-order valence-electron chi connectivity index (χ3n) is 6.97. The van der Waals surface area contributed by atoms with Crippen molar-refractivity contribution in [3.63, 3.8) is 0 Å². The van der Waals surface area contributed by atoms with Crippen molar-refractivity contribution in [1.82, 2.24) is 15.2 Å². The summed E-state index contributed by atoms with van der Waals surface area (Å²) in [4.78, 5) is 15.0. The normalized spacial score (nSPS) is 21.1. The molecular formula is C26H39FN4O. The van der Waals surface area contributed by atoms with E-state index in [-0.39, 0.29) is 11.4 Å². The summed E-state index contributed by atoms with van der Waals surface area (Å²) in [7, 11) is 1.80. The van der Waals surface area contributed by atoms with Gasteiger partial charge in [-0.05, 0) is 89.3 Å². The first-order valence-electron chi connectivity index (χ1n) is 11.8. The molecule has 6 heteroatoms. The number of nitrogens with zero attached hydrogens (tertiary/aromatic N) is 2. The summed E-state index contributed by atoms with van der Waals surface area (Å²) in [5.74, 6) is -0.210. The van der Waals surface area contributed by atoms with E-state index in [1.165, 1.54) is 0 Å². The maximum absolute atomic E-state index is 14.7. The second-order valence-corrected chi connectivity index (χ2v) is 9.50. The monoisotopic (exact) mass is 442 g/mol. The highest BCUT2D eigenvalue weighted by atomic mass is 19.1. The van der Waals surface area contributed by atoms with Crippen molar-refractivity contribution in [3.8, 4) is 0 Å². The molecule has 176 valence electrons. The SMILES string of the molecule is CCN(c1cc(F)cc(CNCc2c(C)cc(C)n(C)c2=O)c1C)C1CC(C)NC(C)C1. The molecule has 2 heterocycles. The molecule has 3 rings (SSSR count). The third kappa shape index (κ3) is 5.24. The molecule has 0 bridgehead atoms. The Morgan fingerprint density at radius 1 is 1.12 bits per heavy atom. The Hall–Kier alpha value is -2.18. The van der Waals surface area contributed by atoms with Crippen LogP contribution in [0, 0.1) is 26.6 Å². The molecule has 0 spiro atoms. The Balaban J connectivity index is 1.81. The van der Waals surface area contributed by atoms with Crippen molar-refractivity contribution in [2.24, 2.45) is 7.05 Å². The summed E-state index contributed by atoms with van der Waals surface area (Å²) >= 11 is 0. The lowest BCUT2D eigenvalue weighted by atomic mass is 9.92. The fourth-order valence-corrected chi connectivity index (χ4v) is 5.18. The van der Waals surface area contributed by atoms with E-state index in [1.807, 2.05) is 19.9 Å². The van der Waals surface area contributed by atoms with Crippen LogP contribution >= 0.6 is 0 Å². The van der Waals surface area contributed by atoms with E-state index in [2.05, 4.69) is 43.2 Å². The molecule has 1 aliphatic rings. The molecule has 0 radical (unpaired) electrons. The largest absolute Gasteiger partial charge is 0.368 e. The second kappa shape index (κ2) is 10.2. The van der Waals surface area contributed by atoms with Crippen LogP contribution in [0.3, 0.4) is 0 Å². The maximum Gasteiger partial charge on any atom is 0.255 e. The number of hydrogen-bond donors (Lipinski definition) is 2. The Kier molecular flexibility index (Phi) is 7.78. The summed E-state index contributed by atoms with van der Waals surface area (Å²) in [6, 6.07) is 6.63. The van der Waals surface area contributed by atoms with Gasteiger partial charge in [0.25, 0.3) is 5.56 Å². The van der Waals surface area contributed by atoms with Crippen LogP contribution in [0.2, 0.25) is 0 Å². The molecule has 1 aromatic heterocycles. The summed E-state index contributed by atoms with van der Waals surface area (Å²) < 4.78 is 16.4. The Bertz CT molecular complexity index is 1010. The number of pyridine rings is 1. The minimum atomic E-state index is -0.210. The quantitative estimate of drug-likeness (QED) is 0.678. The highest BCUT2D eigenvalue weighted by Crippen LogP contribution is 2.30. The van der Waals surface area contributed by atoms with E-state index in [0.717, 1.165) is 53.0 Å². The van der Waals surface area contributed by atoms with Gasteiger partial charge in [0.1, 0.15) is 5.82 Å². The molecule has 2 aromatic rings. The number of aromatic nitrogens is 1. The molecule has 2 N–H and O–H groups in total. The predicted molar refractivity (Wildman–Crippen MR) is 131 cm³/mol. The molecule has 1 aliphatic heterocycles. The van der Waals surface area contributed by atoms with E-state index >= 15 is 0 Å². The number of piperidine rings is 1. The first-order valence-corrected chi connectivity index (χ1v) is 11.8. The van der Waals surface area contributed by atoms with Gasteiger partial charge in [-0.15, -0.1) is 0 Å². The van der Waals surface area contributed by atoms with Crippen LogP contribution in [0.1, 0.15) is 61.6 Å². The van der Waals surface area contributed by atoms with E-state index in [1.54, 1.807) is 23.7 Å². The van der Waals surface area contributed by atoms with Gasteiger partial charge in [-0.25, -0.2) is 4.39 Å². The summed E-state index contributed by atoms with van der Waals surface area (Å²) in [5.41, 5.74) is 5.75. The van der Waals surface area contributed by atoms with Crippen LogP contribution in [0.4, 0.5) is 10.1 Å². The molecule has 1 fully saturated rings. The minimum absolute atomic E-state index is 0.0259. The van der Waals surface area contributed by atoms with Gasteiger partial charge in [0, 0.05) is 61.8 Å². The third-order valence-corrected chi connectivity index (χ3v) is 6.97. The highest BCUT2D eigenvalue weighted by Gasteiger charge is 2.28. The maximum atomic E-state index is 14.7. The van der Waals surface area contributed by atoms with Crippen LogP contribution in [-0.2, 0) is 20.1 Å². The number of rotatable bonds is 7. The summed E-state index contributed by atoms with van der Waals surface area (Å²) in [6.07, 6.45) is 2.11. The molecule has 1 aromatic carbocycles. The first-order chi connectivity index (χ1) is 15.1. The average molecular weight is 443 g/mol. The molecule has 2 atom stereocenters. The predicted octanol–water partition coefficient (Wildman–Crippen LogP) is 4.09. The molecule has 0 saturated carbocycles. The number of anilines is 1. The first kappa shape index (κ1) is 24.5. The van der Waals surface area contributed by atoms with Gasteiger partial charge in [0.2, 0.25) is 0 Å². The van der Waals surface area contributed by atoms with Crippen molar-refractivity contribution in [1.29, 1.82) is 0 Å². The van der Waals surface area contributed by atoms with Gasteiger partial charge in [0.15, 0.2) is 0 Å². The minimum Gasteiger partial charge on any atom is -0.368 e. The number of benzene rings is 1. The summed E-state index contributed by atoms with van der Waals surface area (Å²) in [6.45, 7) is 14.4. The number of aryl methyl sites for hydroxylation is 2. The van der Waals surface area contributed by atoms with E-state index in [4.69, 9.17) is 0 Å². The lowest BCUT2D eigenvalue weighted by Gasteiger charge is -2.41. The van der Waals surface area contributed by atoms with Crippen LogP contribution in [0.25, 0.3) is 0 Å². The highest BCUT2D eigenvalue weighted by molar-refractivity contribution is 5.57. The Morgan fingerprint density at radius 3 is 2.41 bits per heavy atom. The van der Waals surface area contributed by atoms with Crippen molar-refractivity contribution >= 4 is 5.69 Å². The number of nitrogens with one attached hydrogen (secondary N) is 2. The van der Waals surface area contributed by atoms with Gasteiger partial charge in [-0.1, -0.05) is 0 Å². The molecular weight excluding hydrogens is 403 g/mol. The van der Waals surface area contributed by atoms with Crippen LogP contribution < -0.4 is 21.1 Å². The second-order valence-electron chi connectivity index (χ2n) is 9.50. The molecule has 2 unspecified atom stereocenters. The van der Waals surface area contributed by atoms with Crippen molar-refractivity contribution in [2.75, 3.05) is 11.4 Å². The van der Waals surface area contributed by atoms with Crippen molar-refractivity contribution in [2.45, 2.75) is 85.6 Å². The number of halogens is 1. The standard InChI is InChI=1S/C26H39FN4O/c1-8-31(23-10-17(3)29-18(4)11-23)25-13-22(27)12-21(20(25)6)14-28-15-24-16(2)9-19(5)30(7)26(24)32/h9,12-13,17-18,23,28-29H,8,10-11,14-15H2,1-7H3. The van der Waals surface area contributed by atoms with Crippen molar-refractivity contribution < 1.29 is 4.39 Å². The average Bonchev–Trinajstić information content (AvgIpc) is 2.71. The zero-order valence-electron chi connectivity index (χ0n) is 20.7. The van der Waals surface area contributed by atoms with Gasteiger partial charge >= 0.3 is 0 Å². The Labute approximate surface area is 192 Å². The van der Waals surface area contributed by atoms with Gasteiger partial charge < -0.3 is 20.1 Å². The number of hydrogen-bond acceptors (Lipinski definition) is 4. The van der Waals surface area contributed by atoms with Crippen LogP contribution in [0.15, 0.2) is 23.0 Å². The van der Waals surface area contributed by atoms with Gasteiger partial charge in [-0.3, -0.25) is 4.79 Å². The van der Waals surface area contributed by atoms with Gasteiger partial charge in [0.05, 0.1) is 0 Å². The lowest BCUT2D eigenvalue weighted by Crippen LogP contribution is -2.51. The molecule has 5 nitrogen and oxygen atoms in total. The zero-order chi connectivity index (χ0) is 23.6. The van der Waals surface area contributed by atoms with E-state index in [9.17, 15) is 9.18 Å². The topological polar surface area (TPSA) is 49.3 Å². The fraction of sp³-hybridized carbons (Fsp3) is 0.577.